The number of pyridine rings is 1. The summed E-state index contributed by atoms with van der Waals surface area (Å²) in [6.45, 7) is 3.85. The maximum absolute atomic E-state index is 12.9. The molecule has 2 aliphatic rings. The Kier molecular flexibility index (Phi) is 4.57. The molecule has 0 radical (unpaired) electrons. The topological polar surface area (TPSA) is 78.1 Å². The molecule has 30 heavy (non-hydrogen) atoms. The van der Waals surface area contributed by atoms with Gasteiger partial charge in [0.15, 0.2) is 0 Å². The van der Waals surface area contributed by atoms with E-state index in [1.54, 1.807) is 0 Å². The fraction of sp³-hybridized carbons (Fsp3) is 0.375. The number of hydrogen-bond donors (Lipinski definition) is 2. The maximum Gasteiger partial charge on any atom is 0.253 e. The van der Waals surface area contributed by atoms with E-state index in [9.17, 15) is 9.59 Å². The molecule has 3 heterocycles. The predicted molar refractivity (Wildman–Crippen MR) is 115 cm³/mol. The first kappa shape index (κ1) is 18.9. The summed E-state index contributed by atoms with van der Waals surface area (Å²) < 4.78 is 0. The van der Waals surface area contributed by atoms with E-state index in [4.69, 9.17) is 0 Å². The number of rotatable bonds is 4. The molecule has 0 unspecified atom stereocenters. The van der Waals surface area contributed by atoms with Crippen LogP contribution in [-0.4, -0.2) is 39.8 Å². The minimum absolute atomic E-state index is 0.0655. The van der Waals surface area contributed by atoms with Gasteiger partial charge in [0.2, 0.25) is 5.91 Å². The van der Waals surface area contributed by atoms with Gasteiger partial charge in [-0.2, -0.15) is 0 Å². The number of nitrogens with one attached hydrogen (secondary N) is 2. The van der Waals surface area contributed by atoms with Gasteiger partial charge in [-0.05, 0) is 68.0 Å². The smallest absolute Gasteiger partial charge is 0.253 e. The Morgan fingerprint density at radius 2 is 2.03 bits per heavy atom. The van der Waals surface area contributed by atoms with Gasteiger partial charge < -0.3 is 15.2 Å². The van der Waals surface area contributed by atoms with Gasteiger partial charge in [0.05, 0.1) is 12.2 Å². The molecule has 0 bridgehead atoms. The molecule has 1 aromatic carbocycles. The average molecular weight is 402 g/mol. The second-order valence-electron chi connectivity index (χ2n) is 8.68. The van der Waals surface area contributed by atoms with Gasteiger partial charge in [-0.15, -0.1) is 0 Å². The quantitative estimate of drug-likeness (QED) is 0.702. The highest BCUT2D eigenvalue weighted by molar-refractivity contribution is 5.98. The van der Waals surface area contributed by atoms with Crippen molar-refractivity contribution < 1.29 is 9.59 Å². The lowest BCUT2D eigenvalue weighted by Gasteiger charge is -2.33. The molecule has 5 rings (SSSR count). The summed E-state index contributed by atoms with van der Waals surface area (Å²) in [6, 6.07) is 13.6. The molecule has 2 aromatic heterocycles. The predicted octanol–water partition coefficient (Wildman–Crippen LogP) is 3.43. The summed E-state index contributed by atoms with van der Waals surface area (Å²) in [6.07, 6.45) is 4.60. The molecule has 2 amide bonds. The van der Waals surface area contributed by atoms with E-state index in [1.165, 1.54) is 0 Å². The Hall–Kier alpha value is -3.15. The second kappa shape index (κ2) is 7.27. The fourth-order valence-corrected chi connectivity index (χ4v) is 4.79. The van der Waals surface area contributed by atoms with E-state index in [2.05, 4.69) is 15.3 Å². The zero-order chi connectivity index (χ0) is 20.7. The zero-order valence-corrected chi connectivity index (χ0v) is 17.1. The van der Waals surface area contributed by atoms with Crippen molar-refractivity contribution in [3.8, 4) is 0 Å². The van der Waals surface area contributed by atoms with E-state index in [-0.39, 0.29) is 23.1 Å². The van der Waals surface area contributed by atoms with Crippen LogP contribution in [0.15, 0.2) is 48.7 Å². The maximum atomic E-state index is 12.9. The van der Waals surface area contributed by atoms with Gasteiger partial charge >= 0.3 is 0 Å². The number of likely N-dealkylation sites (tertiary alicyclic amines) is 1. The van der Waals surface area contributed by atoms with Gasteiger partial charge in [-0.1, -0.05) is 6.07 Å². The molecule has 1 saturated carbocycles. The van der Waals surface area contributed by atoms with Crippen molar-refractivity contribution in [3.63, 3.8) is 0 Å². The minimum atomic E-state index is 0.0655. The van der Waals surface area contributed by atoms with Gasteiger partial charge in [0.1, 0.15) is 0 Å². The number of amides is 2. The second-order valence-corrected chi connectivity index (χ2v) is 8.68. The highest BCUT2D eigenvalue weighted by atomic mass is 16.2. The number of H-pyrrole nitrogens is 1. The number of carbonyl (C=O) groups excluding carboxylic acids is 2. The molecular weight excluding hydrogens is 376 g/mol. The Morgan fingerprint density at radius 3 is 2.83 bits per heavy atom. The number of hydrogen-bond acceptors (Lipinski definition) is 3. The Morgan fingerprint density at radius 1 is 1.20 bits per heavy atom. The van der Waals surface area contributed by atoms with E-state index in [0.29, 0.717) is 19.6 Å². The number of carbonyl (C=O) groups is 2. The summed E-state index contributed by atoms with van der Waals surface area (Å²) in [4.78, 5) is 35.1. The van der Waals surface area contributed by atoms with Gasteiger partial charge in [0.25, 0.3) is 5.91 Å². The number of aromatic nitrogens is 2. The lowest BCUT2D eigenvalue weighted by molar-refractivity contribution is -0.123. The van der Waals surface area contributed by atoms with Crippen LogP contribution < -0.4 is 5.32 Å². The summed E-state index contributed by atoms with van der Waals surface area (Å²) in [5.74, 6) is 0.270. The van der Waals surface area contributed by atoms with Crippen molar-refractivity contribution in [2.45, 2.75) is 32.7 Å². The summed E-state index contributed by atoms with van der Waals surface area (Å²) in [7, 11) is 0. The van der Waals surface area contributed by atoms with Crippen molar-refractivity contribution >= 4 is 22.7 Å². The summed E-state index contributed by atoms with van der Waals surface area (Å²) >= 11 is 0. The highest BCUT2D eigenvalue weighted by Gasteiger charge is 2.58. The van der Waals surface area contributed by atoms with Gasteiger partial charge in [-0.25, -0.2) is 0 Å². The van der Waals surface area contributed by atoms with E-state index in [1.807, 2.05) is 60.5 Å². The molecule has 6 heteroatoms. The minimum Gasteiger partial charge on any atom is -0.361 e. The Bertz CT molecular complexity index is 1110. The third-order valence-corrected chi connectivity index (χ3v) is 6.74. The van der Waals surface area contributed by atoms with Gasteiger partial charge in [-0.3, -0.25) is 14.6 Å². The molecule has 154 valence electrons. The highest BCUT2D eigenvalue weighted by Crippen LogP contribution is 2.59. The molecule has 1 aliphatic carbocycles. The molecule has 1 saturated heterocycles. The largest absolute Gasteiger partial charge is 0.361 e. The molecular formula is C24H26N4O2. The van der Waals surface area contributed by atoms with E-state index in [0.717, 1.165) is 47.1 Å². The van der Waals surface area contributed by atoms with Crippen LogP contribution in [0.4, 0.5) is 0 Å². The molecule has 6 nitrogen and oxygen atoms in total. The summed E-state index contributed by atoms with van der Waals surface area (Å²) in [5.41, 5.74) is 3.69. The SMILES string of the molecule is Cc1cccc(CNC(=O)[C@H]2CC23CCN(C(=O)c2ccc4[nH]ccc4c2)CC3)n1. The van der Waals surface area contributed by atoms with E-state index >= 15 is 0 Å². The first-order valence-corrected chi connectivity index (χ1v) is 10.6. The average Bonchev–Trinajstić information content (AvgIpc) is 3.24. The van der Waals surface area contributed by atoms with Crippen LogP contribution in [0.25, 0.3) is 10.9 Å². The monoisotopic (exact) mass is 402 g/mol. The van der Waals surface area contributed by atoms with Crippen molar-refractivity contribution in [2.75, 3.05) is 13.1 Å². The van der Waals surface area contributed by atoms with Crippen LogP contribution >= 0.6 is 0 Å². The lowest BCUT2D eigenvalue weighted by Crippen LogP contribution is -2.40. The van der Waals surface area contributed by atoms with E-state index < -0.39 is 0 Å². The van der Waals surface area contributed by atoms with Crippen molar-refractivity contribution in [2.24, 2.45) is 11.3 Å². The molecule has 3 aromatic rings. The van der Waals surface area contributed by atoms with Crippen LogP contribution in [0.1, 0.15) is 41.0 Å². The normalized spacial score (nSPS) is 19.8. The van der Waals surface area contributed by atoms with Crippen LogP contribution in [0.3, 0.4) is 0 Å². The Labute approximate surface area is 175 Å². The standard InChI is InChI=1S/C24H26N4O2/c1-16-3-2-4-19(27-16)15-26-22(29)20-14-24(20)8-11-28(12-9-24)23(30)18-5-6-21-17(13-18)7-10-25-21/h2-7,10,13,20,25H,8-9,11-12,14-15H2,1H3,(H,26,29)/t20-/m1/s1. The first-order valence-electron chi connectivity index (χ1n) is 10.6. The van der Waals surface area contributed by atoms with Crippen LogP contribution in [0.2, 0.25) is 0 Å². The van der Waals surface area contributed by atoms with Crippen molar-refractivity contribution in [1.82, 2.24) is 20.2 Å². The Balaban J connectivity index is 1.16. The number of fused-ring (bicyclic) bond motifs is 1. The molecule has 2 N–H and O–H groups in total. The third kappa shape index (κ3) is 3.47. The molecule has 1 atom stereocenters. The van der Waals surface area contributed by atoms with Crippen LogP contribution in [-0.2, 0) is 11.3 Å². The lowest BCUT2D eigenvalue weighted by atomic mass is 9.90. The third-order valence-electron chi connectivity index (χ3n) is 6.74. The van der Waals surface area contributed by atoms with Crippen LogP contribution in [0, 0.1) is 18.3 Å². The summed E-state index contributed by atoms with van der Waals surface area (Å²) in [5, 5.41) is 4.10. The number of aryl methyl sites for hydroxylation is 1. The van der Waals surface area contributed by atoms with Crippen molar-refractivity contribution in [3.05, 3.63) is 65.6 Å². The molecule has 1 aliphatic heterocycles. The number of piperidine rings is 1. The first-order chi connectivity index (χ1) is 14.5. The zero-order valence-electron chi connectivity index (χ0n) is 17.1. The van der Waals surface area contributed by atoms with Gasteiger partial charge in [0, 0.05) is 47.4 Å². The fourth-order valence-electron chi connectivity index (χ4n) is 4.79. The van der Waals surface area contributed by atoms with Crippen molar-refractivity contribution in [1.29, 1.82) is 0 Å². The number of aromatic amines is 1. The number of nitrogens with zero attached hydrogens (tertiary/aromatic N) is 2. The molecule has 1 spiro atoms. The number of benzene rings is 1. The van der Waals surface area contributed by atoms with Crippen LogP contribution in [0.5, 0.6) is 0 Å². The molecule has 2 fully saturated rings.